The molecule has 0 heterocycles. The second-order valence-electron chi connectivity index (χ2n) is 8.38. The lowest BCUT2D eigenvalue weighted by Gasteiger charge is -2.21. The van der Waals surface area contributed by atoms with Gasteiger partial charge in [0.15, 0.2) is 0 Å². The molecule has 0 bridgehead atoms. The van der Waals surface area contributed by atoms with Crippen molar-refractivity contribution < 1.29 is 33.4 Å². The maximum absolute atomic E-state index is 12.8. The number of hydrogen-bond acceptors (Lipinski definition) is 7. The van der Waals surface area contributed by atoms with Crippen molar-refractivity contribution in [3.05, 3.63) is 29.8 Å². The maximum atomic E-state index is 12.8. The Bertz CT molecular complexity index is 871. The molecule has 0 aliphatic rings. The van der Waals surface area contributed by atoms with Gasteiger partial charge < -0.3 is 36.5 Å². The Balaban J connectivity index is 2.71. The average molecular weight is 477 g/mol. The zero-order valence-electron chi connectivity index (χ0n) is 19.9. The van der Waals surface area contributed by atoms with E-state index < -0.39 is 41.5 Å². The van der Waals surface area contributed by atoms with Gasteiger partial charge in [0.1, 0.15) is 24.8 Å². The van der Waals surface area contributed by atoms with E-state index in [1.54, 1.807) is 45.0 Å². The maximum Gasteiger partial charge on any atom is 0.408 e. The summed E-state index contributed by atoms with van der Waals surface area (Å²) in [6.45, 7) is 5.01. The molecule has 1 rings (SSSR count). The highest BCUT2D eigenvalue weighted by Crippen LogP contribution is 2.12. The largest absolute Gasteiger partial charge is 0.469 e. The van der Waals surface area contributed by atoms with Crippen LogP contribution in [0.1, 0.15) is 39.2 Å². The number of nitrogens with two attached hydrogens (primary N) is 1. The van der Waals surface area contributed by atoms with E-state index in [0.29, 0.717) is 12.1 Å². The molecule has 1 unspecified atom stereocenters. The number of alkyl carbamates (subject to hydrolysis) is 1. The lowest BCUT2D eigenvalue weighted by atomic mass is 10.1. The number of benzene rings is 1. The van der Waals surface area contributed by atoms with Gasteiger partial charge in [-0.05, 0) is 51.3 Å². The van der Waals surface area contributed by atoms with Gasteiger partial charge in [0.25, 0.3) is 0 Å². The second kappa shape index (κ2) is 13.7. The van der Waals surface area contributed by atoms with E-state index in [9.17, 15) is 24.0 Å². The number of hydrogen-bond donors (Lipinski definition) is 5. The van der Waals surface area contributed by atoms with Gasteiger partial charge in [0, 0.05) is 12.2 Å². The summed E-state index contributed by atoms with van der Waals surface area (Å²) in [6, 6.07) is 5.01. The van der Waals surface area contributed by atoms with E-state index in [2.05, 4.69) is 21.3 Å². The fraction of sp³-hybridized carbons (Fsp3) is 0.476. The first kappa shape index (κ1) is 28.3. The van der Waals surface area contributed by atoms with Gasteiger partial charge >= 0.3 is 12.1 Å². The van der Waals surface area contributed by atoms with Crippen LogP contribution >= 0.6 is 0 Å². The van der Waals surface area contributed by atoms with E-state index in [1.165, 1.54) is 7.85 Å². The number of rotatable bonds is 11. The molecule has 0 aromatic heterocycles. The quantitative estimate of drug-likeness (QED) is 0.225. The Morgan fingerprint density at radius 3 is 2.26 bits per heavy atom. The van der Waals surface area contributed by atoms with Crippen LogP contribution in [0, 0.1) is 0 Å². The zero-order valence-corrected chi connectivity index (χ0v) is 19.9. The van der Waals surface area contributed by atoms with Gasteiger partial charge in [0.2, 0.25) is 25.5 Å². The summed E-state index contributed by atoms with van der Waals surface area (Å²) >= 11 is 0. The normalized spacial score (nSPS) is 11.5. The first-order chi connectivity index (χ1) is 15.9. The van der Waals surface area contributed by atoms with E-state index >= 15 is 0 Å². The molecular formula is C21H32BN5O7. The van der Waals surface area contributed by atoms with Gasteiger partial charge in [-0.2, -0.15) is 0 Å². The second-order valence-corrected chi connectivity index (χ2v) is 8.38. The third-order valence-corrected chi connectivity index (χ3v) is 4.08. The summed E-state index contributed by atoms with van der Waals surface area (Å²) in [7, 11) is 1.31. The summed E-state index contributed by atoms with van der Waals surface area (Å²) in [5, 5.41) is 10.0. The van der Waals surface area contributed by atoms with Crippen LogP contribution in [-0.2, 0) is 25.7 Å². The van der Waals surface area contributed by atoms with Crippen LogP contribution in [0.3, 0.4) is 0 Å². The number of urea groups is 1. The standard InChI is InChI=1S/C21H32BN5O7/c1-21(2,3)34-20(32)25-11-16(28)27-15(5-4-10-24-19(23)31)17(29)26-14-8-6-13(7-9-14)12-33-18(22)30/h6-9,15H,4-5,10-12,22H2,1-3H3,(H,25,32)(H,26,29)(H,27,28)(H3,23,24,31). The van der Waals surface area contributed by atoms with Gasteiger partial charge in [-0.25, -0.2) is 9.59 Å². The molecule has 0 saturated carbocycles. The van der Waals surface area contributed by atoms with Crippen molar-refractivity contribution in [3.63, 3.8) is 0 Å². The molecule has 34 heavy (non-hydrogen) atoms. The summed E-state index contributed by atoms with van der Waals surface area (Å²) in [6.07, 6.45) is -0.195. The number of primary amides is 1. The molecule has 0 fully saturated rings. The van der Waals surface area contributed by atoms with Crippen LogP contribution in [0.25, 0.3) is 0 Å². The van der Waals surface area contributed by atoms with Crippen molar-refractivity contribution in [2.24, 2.45) is 5.73 Å². The molecule has 1 aromatic carbocycles. The van der Waals surface area contributed by atoms with Gasteiger partial charge in [-0.1, -0.05) is 12.1 Å². The smallest absolute Gasteiger partial charge is 0.408 e. The van der Waals surface area contributed by atoms with Gasteiger partial charge in [0.05, 0.1) is 0 Å². The molecule has 0 radical (unpaired) electrons. The van der Waals surface area contributed by atoms with Crippen molar-refractivity contribution in [1.82, 2.24) is 16.0 Å². The zero-order chi connectivity index (χ0) is 25.7. The van der Waals surface area contributed by atoms with Crippen LogP contribution in [-0.4, -0.2) is 62.4 Å². The molecule has 1 aromatic rings. The molecule has 0 spiro atoms. The summed E-state index contributed by atoms with van der Waals surface area (Å²) < 4.78 is 9.99. The van der Waals surface area contributed by atoms with Crippen molar-refractivity contribution in [2.45, 2.75) is 51.9 Å². The summed E-state index contributed by atoms with van der Waals surface area (Å²) in [4.78, 5) is 58.6. The minimum atomic E-state index is -0.941. The predicted molar refractivity (Wildman–Crippen MR) is 127 cm³/mol. The van der Waals surface area contributed by atoms with Crippen LogP contribution in [0.15, 0.2) is 24.3 Å². The lowest BCUT2D eigenvalue weighted by Crippen LogP contribution is -2.48. The average Bonchev–Trinajstić information content (AvgIpc) is 2.72. The first-order valence-corrected chi connectivity index (χ1v) is 10.7. The molecule has 0 saturated heterocycles. The van der Waals surface area contributed by atoms with Gasteiger partial charge in [-0.3, -0.25) is 14.4 Å². The highest BCUT2D eigenvalue weighted by atomic mass is 16.6. The number of anilines is 1. The van der Waals surface area contributed by atoms with Crippen molar-refractivity contribution in [1.29, 1.82) is 0 Å². The highest BCUT2D eigenvalue weighted by Gasteiger charge is 2.22. The van der Waals surface area contributed by atoms with Crippen LogP contribution < -0.4 is 27.0 Å². The van der Waals surface area contributed by atoms with E-state index in [4.69, 9.17) is 15.2 Å². The third-order valence-electron chi connectivity index (χ3n) is 4.08. The minimum absolute atomic E-state index is 0.111. The van der Waals surface area contributed by atoms with E-state index in [1.807, 2.05) is 0 Å². The van der Waals surface area contributed by atoms with Crippen LogP contribution in [0.5, 0.6) is 0 Å². The fourth-order valence-corrected chi connectivity index (χ4v) is 2.60. The Kier molecular flexibility index (Phi) is 11.4. The summed E-state index contributed by atoms with van der Waals surface area (Å²) in [5.74, 6) is -1.48. The van der Waals surface area contributed by atoms with E-state index in [0.717, 1.165) is 5.56 Å². The molecule has 186 valence electrons. The SMILES string of the molecule is BC(=O)OCc1ccc(NC(=O)C(CCCNC(N)=O)NC(=O)CNC(=O)OC(C)(C)C)cc1. The molecule has 5 amide bonds. The Hall–Kier alpha value is -3.77. The molecule has 0 aliphatic heterocycles. The van der Waals surface area contributed by atoms with Crippen LogP contribution in [0.4, 0.5) is 20.1 Å². The predicted octanol–water partition coefficient (Wildman–Crippen LogP) is 0.353. The molecule has 1 atom stereocenters. The van der Waals surface area contributed by atoms with Crippen molar-refractivity contribution >= 4 is 43.3 Å². The molecule has 12 nitrogen and oxygen atoms in total. The number of ether oxygens (including phenoxy) is 2. The highest BCUT2D eigenvalue weighted by molar-refractivity contribution is 6.55. The first-order valence-electron chi connectivity index (χ1n) is 10.7. The van der Waals surface area contributed by atoms with E-state index in [-0.39, 0.29) is 26.1 Å². The number of nitrogens with one attached hydrogen (secondary N) is 4. The molecule has 0 aliphatic carbocycles. The Labute approximate surface area is 199 Å². The topological polar surface area (TPSA) is 178 Å². The monoisotopic (exact) mass is 477 g/mol. The Morgan fingerprint density at radius 2 is 1.71 bits per heavy atom. The van der Waals surface area contributed by atoms with Crippen molar-refractivity contribution in [3.8, 4) is 0 Å². The number of carbonyl (C=O) groups is 5. The number of carbonyl (C=O) groups excluding carboxylic acids is 5. The summed E-state index contributed by atoms with van der Waals surface area (Å²) in [5.41, 5.74) is 5.53. The molecular weight excluding hydrogens is 445 g/mol. The number of amides is 5. The van der Waals surface area contributed by atoms with Crippen molar-refractivity contribution in [2.75, 3.05) is 18.4 Å². The molecule has 13 heteroatoms. The molecule has 6 N–H and O–H groups in total. The Morgan fingerprint density at radius 1 is 1.06 bits per heavy atom. The van der Waals surface area contributed by atoms with Gasteiger partial charge in [-0.15, -0.1) is 0 Å². The third kappa shape index (κ3) is 12.9. The minimum Gasteiger partial charge on any atom is -0.469 e. The van der Waals surface area contributed by atoms with Crippen LogP contribution in [0.2, 0.25) is 0 Å². The fourth-order valence-electron chi connectivity index (χ4n) is 2.60. The lowest BCUT2D eigenvalue weighted by molar-refractivity contribution is -0.126.